The quantitative estimate of drug-likeness (QED) is 0.853. The van der Waals surface area contributed by atoms with Gasteiger partial charge in [0, 0.05) is 24.5 Å². The van der Waals surface area contributed by atoms with Gasteiger partial charge in [-0.3, -0.25) is 14.6 Å². The highest BCUT2D eigenvalue weighted by Gasteiger charge is 2.04. The zero-order valence-corrected chi connectivity index (χ0v) is 11.5. The molecule has 5 nitrogen and oxygen atoms in total. The van der Waals surface area contributed by atoms with Crippen LogP contribution >= 0.6 is 0 Å². The van der Waals surface area contributed by atoms with E-state index >= 15 is 0 Å². The van der Waals surface area contributed by atoms with E-state index in [1.54, 1.807) is 36.7 Å². The summed E-state index contributed by atoms with van der Waals surface area (Å²) in [4.78, 5) is 26.3. The molecule has 0 bridgehead atoms. The molecule has 108 valence electrons. The summed E-state index contributed by atoms with van der Waals surface area (Å²) in [6.07, 6.45) is 4.44. The topological polar surface area (TPSA) is 79.3 Å². The number of carboxylic acids is 1. The molecule has 0 radical (unpaired) electrons. The number of anilines is 1. The average molecular weight is 284 g/mol. The second-order valence-corrected chi connectivity index (χ2v) is 4.67. The molecule has 0 aliphatic carbocycles. The maximum atomic E-state index is 11.8. The van der Waals surface area contributed by atoms with Gasteiger partial charge >= 0.3 is 5.97 Å². The number of rotatable bonds is 6. The highest BCUT2D eigenvalue weighted by Crippen LogP contribution is 2.11. The predicted molar refractivity (Wildman–Crippen MR) is 79.0 cm³/mol. The Morgan fingerprint density at radius 2 is 1.67 bits per heavy atom. The molecule has 5 heteroatoms. The van der Waals surface area contributed by atoms with E-state index in [-0.39, 0.29) is 12.3 Å². The van der Waals surface area contributed by atoms with E-state index in [0.717, 1.165) is 5.56 Å². The van der Waals surface area contributed by atoms with Crippen molar-refractivity contribution < 1.29 is 14.7 Å². The third-order valence-electron chi connectivity index (χ3n) is 2.98. The summed E-state index contributed by atoms with van der Waals surface area (Å²) in [5, 5.41) is 11.5. The largest absolute Gasteiger partial charge is 0.481 e. The Morgan fingerprint density at radius 3 is 2.29 bits per heavy atom. The van der Waals surface area contributed by atoms with Crippen molar-refractivity contribution in [1.82, 2.24) is 4.98 Å². The lowest BCUT2D eigenvalue weighted by molar-refractivity contribution is -0.136. The van der Waals surface area contributed by atoms with Crippen LogP contribution in [0.1, 0.15) is 17.5 Å². The summed E-state index contributed by atoms with van der Waals surface area (Å²) in [6, 6.07) is 10.6. The van der Waals surface area contributed by atoms with Crippen LogP contribution in [0.15, 0.2) is 48.8 Å². The number of hydrogen-bond acceptors (Lipinski definition) is 3. The first-order chi connectivity index (χ1) is 10.1. The molecule has 1 amide bonds. The van der Waals surface area contributed by atoms with Gasteiger partial charge in [0.15, 0.2) is 0 Å². The van der Waals surface area contributed by atoms with Gasteiger partial charge < -0.3 is 10.4 Å². The van der Waals surface area contributed by atoms with Crippen molar-refractivity contribution in [1.29, 1.82) is 0 Å². The molecular weight excluding hydrogens is 268 g/mol. The number of carboxylic acid groups (broad SMARTS) is 1. The van der Waals surface area contributed by atoms with E-state index in [1.807, 2.05) is 12.1 Å². The minimum Gasteiger partial charge on any atom is -0.481 e. The molecule has 1 aromatic carbocycles. The van der Waals surface area contributed by atoms with Crippen molar-refractivity contribution >= 4 is 17.6 Å². The number of hydrogen-bond donors (Lipinski definition) is 2. The van der Waals surface area contributed by atoms with E-state index in [9.17, 15) is 9.59 Å². The average Bonchev–Trinajstić information content (AvgIpc) is 2.48. The number of carbonyl (C=O) groups is 2. The van der Waals surface area contributed by atoms with Gasteiger partial charge in [-0.1, -0.05) is 12.1 Å². The van der Waals surface area contributed by atoms with Gasteiger partial charge in [-0.25, -0.2) is 0 Å². The lowest BCUT2D eigenvalue weighted by atomic mass is 10.1. The van der Waals surface area contributed by atoms with Crippen LogP contribution in [0.25, 0.3) is 0 Å². The van der Waals surface area contributed by atoms with Crippen LogP contribution in [-0.2, 0) is 22.4 Å². The molecule has 1 aromatic heterocycles. The lowest BCUT2D eigenvalue weighted by Crippen LogP contribution is -2.12. The van der Waals surface area contributed by atoms with Crippen molar-refractivity contribution in [2.24, 2.45) is 0 Å². The first kappa shape index (κ1) is 14.7. The number of carbonyl (C=O) groups excluding carboxylic acids is 1. The summed E-state index contributed by atoms with van der Waals surface area (Å²) in [7, 11) is 0. The number of nitrogens with one attached hydrogen (secondary N) is 1. The first-order valence-electron chi connectivity index (χ1n) is 6.63. The van der Waals surface area contributed by atoms with Crippen LogP contribution in [0, 0.1) is 0 Å². The zero-order valence-electron chi connectivity index (χ0n) is 11.5. The number of benzene rings is 1. The van der Waals surface area contributed by atoms with Gasteiger partial charge in [0.2, 0.25) is 5.91 Å². The molecule has 0 atom stereocenters. The zero-order chi connectivity index (χ0) is 15.1. The molecule has 2 aromatic rings. The minimum atomic E-state index is -0.871. The third kappa shape index (κ3) is 5.06. The Kier molecular flexibility index (Phi) is 5.04. The molecule has 21 heavy (non-hydrogen) atoms. The molecule has 2 N–H and O–H groups in total. The summed E-state index contributed by atoms with van der Waals surface area (Å²) in [6.45, 7) is 0. The van der Waals surface area contributed by atoms with Gasteiger partial charge in [-0.05, 0) is 41.8 Å². The Morgan fingerprint density at radius 1 is 1.00 bits per heavy atom. The Bertz CT molecular complexity index is 609. The molecule has 0 saturated heterocycles. The van der Waals surface area contributed by atoms with E-state index in [1.165, 1.54) is 0 Å². The van der Waals surface area contributed by atoms with Crippen molar-refractivity contribution in [2.75, 3.05) is 5.32 Å². The molecular formula is C16H16N2O3. The normalized spacial score (nSPS) is 10.1. The maximum Gasteiger partial charge on any atom is 0.307 e. The van der Waals surface area contributed by atoms with Gasteiger partial charge in [0.1, 0.15) is 0 Å². The number of amides is 1. The second kappa shape index (κ2) is 7.19. The van der Waals surface area contributed by atoms with E-state index < -0.39 is 5.97 Å². The number of aromatic nitrogens is 1. The van der Waals surface area contributed by atoms with Crippen molar-refractivity contribution in [3.63, 3.8) is 0 Å². The number of aryl methyl sites for hydroxylation is 1. The monoisotopic (exact) mass is 284 g/mol. The van der Waals surface area contributed by atoms with E-state index in [2.05, 4.69) is 10.3 Å². The lowest BCUT2D eigenvalue weighted by Gasteiger charge is -2.06. The fourth-order valence-corrected chi connectivity index (χ4v) is 1.91. The molecule has 1 heterocycles. The van der Waals surface area contributed by atoms with Gasteiger partial charge in [-0.2, -0.15) is 0 Å². The Labute approximate surface area is 122 Å². The summed E-state index contributed by atoms with van der Waals surface area (Å²) in [5.74, 6) is -0.943. The van der Waals surface area contributed by atoms with Crippen LogP contribution in [0.3, 0.4) is 0 Å². The standard InChI is InChI=1S/C16H16N2O3/c19-15(6-3-12-7-9-17-10-8-12)18-14-4-1-13(2-5-14)11-16(20)21/h1-2,4-5,7-10H,3,6,11H2,(H,18,19)(H,20,21). The molecule has 0 spiro atoms. The van der Waals surface area contributed by atoms with Crippen molar-refractivity contribution in [2.45, 2.75) is 19.3 Å². The first-order valence-corrected chi connectivity index (χ1v) is 6.63. The maximum absolute atomic E-state index is 11.8. The van der Waals surface area contributed by atoms with Crippen LogP contribution in [-0.4, -0.2) is 22.0 Å². The van der Waals surface area contributed by atoms with Gasteiger partial charge in [0.05, 0.1) is 6.42 Å². The van der Waals surface area contributed by atoms with Gasteiger partial charge in [0.25, 0.3) is 0 Å². The molecule has 0 saturated carbocycles. The highest BCUT2D eigenvalue weighted by atomic mass is 16.4. The summed E-state index contributed by atoms with van der Waals surface area (Å²) in [5.41, 5.74) is 2.44. The fraction of sp³-hybridized carbons (Fsp3) is 0.188. The van der Waals surface area contributed by atoms with Crippen molar-refractivity contribution in [3.8, 4) is 0 Å². The Hall–Kier alpha value is -2.69. The van der Waals surface area contributed by atoms with E-state index in [0.29, 0.717) is 24.1 Å². The molecule has 2 rings (SSSR count). The number of aliphatic carboxylic acids is 1. The summed E-state index contributed by atoms with van der Waals surface area (Å²) >= 11 is 0. The minimum absolute atomic E-state index is 0.0176. The Balaban J connectivity index is 1.83. The number of pyridine rings is 1. The smallest absolute Gasteiger partial charge is 0.307 e. The summed E-state index contributed by atoms with van der Waals surface area (Å²) < 4.78 is 0. The second-order valence-electron chi connectivity index (χ2n) is 4.67. The van der Waals surface area contributed by atoms with Crippen LogP contribution < -0.4 is 5.32 Å². The molecule has 0 aliphatic heterocycles. The fourth-order valence-electron chi connectivity index (χ4n) is 1.91. The van der Waals surface area contributed by atoms with Gasteiger partial charge in [-0.15, -0.1) is 0 Å². The SMILES string of the molecule is O=C(O)Cc1ccc(NC(=O)CCc2ccncc2)cc1. The molecule has 0 unspecified atom stereocenters. The number of nitrogens with zero attached hydrogens (tertiary/aromatic N) is 1. The van der Waals surface area contributed by atoms with Crippen LogP contribution in [0.2, 0.25) is 0 Å². The molecule has 0 fully saturated rings. The van der Waals surface area contributed by atoms with Crippen LogP contribution in [0.4, 0.5) is 5.69 Å². The van der Waals surface area contributed by atoms with E-state index in [4.69, 9.17) is 5.11 Å². The molecule has 0 aliphatic rings. The predicted octanol–water partition coefficient (Wildman–Crippen LogP) is 2.28. The van der Waals surface area contributed by atoms with Crippen molar-refractivity contribution in [3.05, 3.63) is 59.9 Å². The van der Waals surface area contributed by atoms with Crippen LogP contribution in [0.5, 0.6) is 0 Å². The highest BCUT2D eigenvalue weighted by molar-refractivity contribution is 5.90. The third-order valence-corrected chi connectivity index (χ3v) is 2.98.